The van der Waals surface area contributed by atoms with Crippen molar-refractivity contribution < 1.29 is 14.7 Å². The predicted molar refractivity (Wildman–Crippen MR) is 87.8 cm³/mol. The van der Waals surface area contributed by atoms with Crippen LogP contribution in [0.25, 0.3) is 0 Å². The van der Waals surface area contributed by atoms with Gasteiger partial charge in [-0.1, -0.05) is 13.8 Å². The molecule has 126 valence electrons. The molecule has 2 atom stereocenters. The zero-order chi connectivity index (χ0) is 17.7. The minimum absolute atomic E-state index is 0.150. The van der Waals surface area contributed by atoms with Gasteiger partial charge in [0.2, 0.25) is 5.91 Å². The molecule has 1 unspecified atom stereocenters. The molecule has 1 aliphatic heterocycles. The maximum absolute atomic E-state index is 12.8. The van der Waals surface area contributed by atoms with Gasteiger partial charge in [-0.25, -0.2) is 9.78 Å². The molecular weight excluding hydrogens is 308 g/mol. The summed E-state index contributed by atoms with van der Waals surface area (Å²) in [6.07, 6.45) is 7.07. The van der Waals surface area contributed by atoms with Crippen molar-refractivity contribution in [2.24, 2.45) is 5.92 Å². The van der Waals surface area contributed by atoms with Crippen LogP contribution in [0.2, 0.25) is 0 Å². The summed E-state index contributed by atoms with van der Waals surface area (Å²) < 4.78 is 0. The topological polar surface area (TPSA) is 98.3 Å². The second-order valence-corrected chi connectivity index (χ2v) is 5.94. The Balaban J connectivity index is 2.20. The van der Waals surface area contributed by atoms with E-state index in [4.69, 9.17) is 11.5 Å². The number of carbonyl (C=O) groups is 2. The van der Waals surface area contributed by atoms with Gasteiger partial charge in [0.1, 0.15) is 17.6 Å². The molecule has 0 radical (unpaired) electrons. The first kappa shape index (κ1) is 17.4. The van der Waals surface area contributed by atoms with Gasteiger partial charge in [-0.15, -0.1) is 6.42 Å². The van der Waals surface area contributed by atoms with E-state index in [1.165, 1.54) is 0 Å². The first-order valence-corrected chi connectivity index (χ1v) is 7.75. The highest BCUT2D eigenvalue weighted by Gasteiger charge is 2.37. The lowest BCUT2D eigenvalue weighted by Gasteiger charge is -2.29. The molecule has 2 rings (SSSR count). The van der Waals surface area contributed by atoms with Gasteiger partial charge >= 0.3 is 6.09 Å². The summed E-state index contributed by atoms with van der Waals surface area (Å²) in [6.45, 7) is 4.19. The van der Waals surface area contributed by atoms with E-state index in [0.29, 0.717) is 18.1 Å². The standard InChI is InChI=1S/C17H20N4O3/c1-4-5-7-12-10-18-15(19-12)13-8-6-9-21(13)16(22)14(11(2)3)20-17(23)24/h1,10-11,13-14,20H,6,8-9H2,2-3H3,(H,18,19)(H,23,24)/t13?,14-/m0/s1. The minimum atomic E-state index is -1.21. The molecular formula is C17H20N4O3. The molecule has 0 aliphatic carbocycles. The summed E-state index contributed by atoms with van der Waals surface area (Å²) >= 11 is 0. The minimum Gasteiger partial charge on any atom is -0.465 e. The normalized spacial score (nSPS) is 17.8. The maximum atomic E-state index is 12.8. The van der Waals surface area contributed by atoms with Crippen LogP contribution in [-0.4, -0.2) is 44.6 Å². The summed E-state index contributed by atoms with van der Waals surface area (Å²) in [6, 6.07) is -0.991. The number of hydrogen-bond acceptors (Lipinski definition) is 3. The first-order chi connectivity index (χ1) is 11.4. The summed E-state index contributed by atoms with van der Waals surface area (Å²) in [5.41, 5.74) is 0.589. The SMILES string of the molecule is C#CC#Cc1cnc(C2CCCN2C(=O)[C@@H](NC(=O)O)C(C)C)[nH]1. The summed E-state index contributed by atoms with van der Waals surface area (Å²) in [4.78, 5) is 32.8. The van der Waals surface area contributed by atoms with E-state index in [2.05, 4.69) is 33.0 Å². The third kappa shape index (κ3) is 3.88. The number of carboxylic acid groups (broad SMARTS) is 1. The van der Waals surface area contributed by atoms with Gasteiger partial charge in [0.15, 0.2) is 0 Å². The van der Waals surface area contributed by atoms with Gasteiger partial charge in [0.25, 0.3) is 0 Å². The average molecular weight is 328 g/mol. The largest absolute Gasteiger partial charge is 0.465 e. The monoisotopic (exact) mass is 328 g/mol. The highest BCUT2D eigenvalue weighted by atomic mass is 16.4. The van der Waals surface area contributed by atoms with E-state index in [1.807, 2.05) is 13.8 Å². The van der Waals surface area contributed by atoms with E-state index in [0.717, 1.165) is 12.8 Å². The molecule has 1 fully saturated rings. The second kappa shape index (κ2) is 7.56. The third-order valence-corrected chi connectivity index (χ3v) is 3.93. The van der Waals surface area contributed by atoms with Gasteiger partial charge in [-0.05, 0) is 36.5 Å². The Bertz CT molecular complexity index is 720. The number of aromatic amines is 1. The van der Waals surface area contributed by atoms with E-state index in [-0.39, 0.29) is 17.9 Å². The number of H-pyrrole nitrogens is 1. The molecule has 0 spiro atoms. The van der Waals surface area contributed by atoms with Crippen LogP contribution < -0.4 is 5.32 Å². The molecule has 1 aliphatic rings. The van der Waals surface area contributed by atoms with Crippen molar-refractivity contribution in [2.75, 3.05) is 6.54 Å². The molecule has 2 heterocycles. The fourth-order valence-electron chi connectivity index (χ4n) is 2.81. The molecule has 0 aromatic carbocycles. The lowest BCUT2D eigenvalue weighted by molar-refractivity contribution is -0.135. The lowest BCUT2D eigenvalue weighted by Crippen LogP contribution is -2.50. The van der Waals surface area contributed by atoms with Crippen LogP contribution in [0, 0.1) is 30.1 Å². The molecule has 0 saturated carbocycles. The summed E-state index contributed by atoms with van der Waals surface area (Å²) in [7, 11) is 0. The van der Waals surface area contributed by atoms with Crippen LogP contribution in [0.4, 0.5) is 4.79 Å². The number of nitrogens with one attached hydrogen (secondary N) is 2. The third-order valence-electron chi connectivity index (χ3n) is 3.93. The Morgan fingerprint density at radius 2 is 2.29 bits per heavy atom. The number of terminal acetylenes is 1. The number of imidazole rings is 1. The predicted octanol–water partition coefficient (Wildman–Crippen LogP) is 1.35. The number of aromatic nitrogens is 2. The van der Waals surface area contributed by atoms with Crippen LogP contribution in [0.15, 0.2) is 6.20 Å². The Kier molecular flexibility index (Phi) is 5.49. The number of hydrogen-bond donors (Lipinski definition) is 3. The number of rotatable bonds is 4. The molecule has 7 heteroatoms. The Labute approximate surface area is 140 Å². The summed E-state index contributed by atoms with van der Waals surface area (Å²) in [5, 5.41) is 11.3. The number of nitrogens with zero attached hydrogens (tertiary/aromatic N) is 2. The molecule has 0 bridgehead atoms. The quantitative estimate of drug-likeness (QED) is 0.727. The van der Waals surface area contributed by atoms with Gasteiger partial charge in [0.05, 0.1) is 12.2 Å². The molecule has 2 amide bonds. The van der Waals surface area contributed by atoms with Crippen molar-refractivity contribution in [3.05, 3.63) is 17.7 Å². The number of amides is 2. The van der Waals surface area contributed by atoms with Crippen LogP contribution in [-0.2, 0) is 4.79 Å². The van der Waals surface area contributed by atoms with Crippen LogP contribution in [0.5, 0.6) is 0 Å². The van der Waals surface area contributed by atoms with Crippen LogP contribution >= 0.6 is 0 Å². The molecule has 1 aromatic heterocycles. The van der Waals surface area contributed by atoms with E-state index in [9.17, 15) is 9.59 Å². The van der Waals surface area contributed by atoms with Gasteiger partial charge in [-0.3, -0.25) is 4.79 Å². The van der Waals surface area contributed by atoms with Gasteiger partial charge < -0.3 is 20.3 Å². The number of likely N-dealkylation sites (tertiary alicyclic amines) is 1. The van der Waals surface area contributed by atoms with Crippen LogP contribution in [0.1, 0.15) is 44.2 Å². The average Bonchev–Trinajstić information content (AvgIpc) is 3.17. The van der Waals surface area contributed by atoms with E-state index >= 15 is 0 Å². The maximum Gasteiger partial charge on any atom is 0.405 e. The molecule has 7 nitrogen and oxygen atoms in total. The number of carbonyl (C=O) groups excluding carboxylic acids is 1. The fraction of sp³-hybridized carbons (Fsp3) is 0.471. The Hall–Kier alpha value is -2.93. The zero-order valence-corrected chi connectivity index (χ0v) is 13.7. The van der Waals surface area contributed by atoms with Gasteiger partial charge in [0, 0.05) is 6.54 Å². The van der Waals surface area contributed by atoms with Crippen LogP contribution in [0.3, 0.4) is 0 Å². The second-order valence-electron chi connectivity index (χ2n) is 5.94. The van der Waals surface area contributed by atoms with Crippen molar-refractivity contribution in [1.29, 1.82) is 0 Å². The molecule has 1 aromatic rings. The van der Waals surface area contributed by atoms with Crippen molar-refractivity contribution in [3.8, 4) is 24.2 Å². The van der Waals surface area contributed by atoms with Gasteiger partial charge in [-0.2, -0.15) is 0 Å². The zero-order valence-electron chi connectivity index (χ0n) is 13.7. The van der Waals surface area contributed by atoms with Crippen molar-refractivity contribution >= 4 is 12.0 Å². The molecule has 3 N–H and O–H groups in total. The van der Waals surface area contributed by atoms with Crippen molar-refractivity contribution in [1.82, 2.24) is 20.2 Å². The van der Waals surface area contributed by atoms with Crippen molar-refractivity contribution in [2.45, 2.75) is 38.8 Å². The highest BCUT2D eigenvalue weighted by molar-refractivity contribution is 5.86. The molecule has 1 saturated heterocycles. The fourth-order valence-corrected chi connectivity index (χ4v) is 2.81. The van der Waals surface area contributed by atoms with Crippen molar-refractivity contribution in [3.63, 3.8) is 0 Å². The Morgan fingerprint density at radius 1 is 1.54 bits per heavy atom. The highest BCUT2D eigenvalue weighted by Crippen LogP contribution is 2.31. The Morgan fingerprint density at radius 3 is 2.92 bits per heavy atom. The first-order valence-electron chi connectivity index (χ1n) is 7.75. The lowest BCUT2D eigenvalue weighted by atomic mass is 10.0. The molecule has 24 heavy (non-hydrogen) atoms. The van der Waals surface area contributed by atoms with E-state index in [1.54, 1.807) is 11.1 Å². The summed E-state index contributed by atoms with van der Waals surface area (Å²) in [5.74, 6) is 7.75. The smallest absolute Gasteiger partial charge is 0.405 e. The van der Waals surface area contributed by atoms with E-state index < -0.39 is 12.1 Å².